The fourth-order valence-corrected chi connectivity index (χ4v) is 4.55. The Morgan fingerprint density at radius 2 is 1.93 bits per heavy atom. The molecule has 0 aliphatic carbocycles. The van der Waals surface area contributed by atoms with Gasteiger partial charge >= 0.3 is 0 Å². The lowest BCUT2D eigenvalue weighted by molar-refractivity contribution is -0.118. The monoisotopic (exact) mass is 404 g/mol. The third kappa shape index (κ3) is 3.91. The molecule has 0 spiro atoms. The first kappa shape index (κ1) is 20.0. The minimum absolute atomic E-state index is 0.00476. The van der Waals surface area contributed by atoms with Crippen molar-refractivity contribution in [1.82, 2.24) is 0 Å². The minimum Gasteiger partial charge on any atom is -0.497 e. The highest BCUT2D eigenvalue weighted by Gasteiger charge is 2.24. The second-order valence-electron chi connectivity index (χ2n) is 6.47. The van der Waals surface area contributed by atoms with Gasteiger partial charge in [0, 0.05) is 30.4 Å². The van der Waals surface area contributed by atoms with E-state index in [9.17, 15) is 13.2 Å². The van der Waals surface area contributed by atoms with Gasteiger partial charge in [-0.1, -0.05) is 6.92 Å². The Bertz CT molecular complexity index is 988. The van der Waals surface area contributed by atoms with E-state index in [0.717, 1.165) is 24.1 Å². The van der Waals surface area contributed by atoms with Crippen LogP contribution >= 0.6 is 0 Å². The maximum atomic E-state index is 12.9. The van der Waals surface area contributed by atoms with Gasteiger partial charge in [-0.25, -0.2) is 8.42 Å². The molecule has 3 rings (SSSR count). The molecule has 1 aliphatic rings. The van der Waals surface area contributed by atoms with Crippen LogP contribution in [0.15, 0.2) is 41.3 Å². The van der Waals surface area contributed by atoms with Gasteiger partial charge in [-0.15, -0.1) is 0 Å². The van der Waals surface area contributed by atoms with Gasteiger partial charge in [0.05, 0.1) is 14.2 Å². The quantitative estimate of drug-likeness (QED) is 0.799. The summed E-state index contributed by atoms with van der Waals surface area (Å²) in [6, 6.07) is 9.85. The van der Waals surface area contributed by atoms with Crippen molar-refractivity contribution in [3.8, 4) is 11.5 Å². The van der Waals surface area contributed by atoms with E-state index in [4.69, 9.17) is 9.47 Å². The molecule has 1 heterocycles. The van der Waals surface area contributed by atoms with Gasteiger partial charge in [-0.2, -0.15) is 0 Å². The number of rotatable bonds is 6. The van der Waals surface area contributed by atoms with Crippen LogP contribution in [0.2, 0.25) is 0 Å². The SMILES string of the molecule is CCC(=O)N1CCCc2cc(NS(=O)(=O)c3cc(OC)ccc3OC)ccc21. The number of anilines is 2. The molecule has 28 heavy (non-hydrogen) atoms. The summed E-state index contributed by atoms with van der Waals surface area (Å²) in [5, 5.41) is 0. The Morgan fingerprint density at radius 1 is 1.14 bits per heavy atom. The largest absolute Gasteiger partial charge is 0.497 e. The average molecular weight is 404 g/mol. The Hall–Kier alpha value is -2.74. The smallest absolute Gasteiger partial charge is 0.265 e. The van der Waals surface area contributed by atoms with Gasteiger partial charge in [-0.3, -0.25) is 9.52 Å². The lowest BCUT2D eigenvalue weighted by atomic mass is 10.0. The summed E-state index contributed by atoms with van der Waals surface area (Å²) in [7, 11) is -0.999. The summed E-state index contributed by atoms with van der Waals surface area (Å²) in [5.74, 6) is 0.710. The first-order chi connectivity index (χ1) is 13.4. The standard InChI is InChI=1S/C20H24N2O5S/c1-4-20(23)22-11-5-6-14-12-15(7-9-17(14)22)21-28(24,25)19-13-16(26-2)8-10-18(19)27-3/h7-10,12-13,21H,4-6,11H2,1-3H3. The Labute approximate surface area is 165 Å². The van der Waals surface area contributed by atoms with Crippen LogP contribution in [0.5, 0.6) is 11.5 Å². The molecule has 0 fully saturated rings. The lowest BCUT2D eigenvalue weighted by Crippen LogP contribution is -2.34. The van der Waals surface area contributed by atoms with Crippen molar-refractivity contribution in [3.05, 3.63) is 42.0 Å². The number of amides is 1. The molecular formula is C20H24N2O5S. The van der Waals surface area contributed by atoms with Crippen molar-refractivity contribution >= 4 is 27.3 Å². The van der Waals surface area contributed by atoms with Crippen LogP contribution in [0.25, 0.3) is 0 Å². The minimum atomic E-state index is -3.89. The van der Waals surface area contributed by atoms with Crippen LogP contribution in [0.1, 0.15) is 25.3 Å². The van der Waals surface area contributed by atoms with Crippen molar-refractivity contribution < 1.29 is 22.7 Å². The molecule has 2 aromatic carbocycles. The Morgan fingerprint density at radius 3 is 2.61 bits per heavy atom. The number of methoxy groups -OCH3 is 2. The van der Waals surface area contributed by atoms with Crippen LogP contribution < -0.4 is 19.1 Å². The van der Waals surface area contributed by atoms with Gasteiger partial charge in [0.1, 0.15) is 16.4 Å². The summed E-state index contributed by atoms with van der Waals surface area (Å²) in [6.45, 7) is 2.52. The molecule has 1 aliphatic heterocycles. The highest BCUT2D eigenvalue weighted by atomic mass is 32.2. The van der Waals surface area contributed by atoms with Crippen molar-refractivity contribution in [1.29, 1.82) is 0 Å². The first-order valence-corrected chi connectivity index (χ1v) is 10.6. The fourth-order valence-electron chi connectivity index (χ4n) is 3.31. The molecule has 7 nitrogen and oxygen atoms in total. The number of nitrogens with zero attached hydrogens (tertiary/aromatic N) is 1. The van der Waals surface area contributed by atoms with Crippen molar-refractivity contribution in [2.75, 3.05) is 30.4 Å². The number of hydrogen-bond acceptors (Lipinski definition) is 5. The van der Waals surface area contributed by atoms with Crippen LogP contribution in [0, 0.1) is 0 Å². The van der Waals surface area contributed by atoms with E-state index in [0.29, 0.717) is 24.4 Å². The topological polar surface area (TPSA) is 84.9 Å². The van der Waals surface area contributed by atoms with Gasteiger partial charge in [0.25, 0.3) is 10.0 Å². The number of carbonyl (C=O) groups is 1. The van der Waals surface area contributed by atoms with E-state index >= 15 is 0 Å². The fraction of sp³-hybridized carbons (Fsp3) is 0.350. The van der Waals surface area contributed by atoms with Gasteiger partial charge < -0.3 is 14.4 Å². The maximum Gasteiger partial charge on any atom is 0.265 e. The second kappa shape index (κ2) is 8.10. The number of fused-ring (bicyclic) bond motifs is 1. The number of nitrogens with one attached hydrogen (secondary N) is 1. The summed E-state index contributed by atoms with van der Waals surface area (Å²) < 4.78 is 38.8. The predicted molar refractivity (Wildman–Crippen MR) is 108 cm³/mol. The summed E-state index contributed by atoms with van der Waals surface area (Å²) in [5.41, 5.74) is 2.24. The van der Waals surface area contributed by atoms with Gasteiger partial charge in [-0.05, 0) is 48.7 Å². The summed E-state index contributed by atoms with van der Waals surface area (Å²) >= 11 is 0. The molecule has 0 bridgehead atoms. The zero-order valence-corrected chi connectivity index (χ0v) is 17.0. The molecule has 2 aromatic rings. The number of ether oxygens (including phenoxy) is 2. The molecule has 0 radical (unpaired) electrons. The van der Waals surface area contributed by atoms with E-state index in [2.05, 4.69) is 4.72 Å². The van der Waals surface area contributed by atoms with Gasteiger partial charge in [0.2, 0.25) is 5.91 Å². The molecule has 1 amide bonds. The molecule has 0 aromatic heterocycles. The normalized spacial score (nSPS) is 13.6. The Kier molecular flexibility index (Phi) is 5.79. The number of hydrogen-bond donors (Lipinski definition) is 1. The van der Waals surface area contributed by atoms with Crippen LogP contribution in [0.3, 0.4) is 0 Å². The van der Waals surface area contributed by atoms with Crippen molar-refractivity contribution in [2.45, 2.75) is 31.1 Å². The van der Waals surface area contributed by atoms with E-state index in [1.807, 2.05) is 6.92 Å². The molecule has 0 atom stereocenters. The zero-order valence-electron chi connectivity index (χ0n) is 16.2. The first-order valence-electron chi connectivity index (χ1n) is 9.07. The summed E-state index contributed by atoms with van der Waals surface area (Å²) in [4.78, 5) is 13.9. The van der Waals surface area contributed by atoms with Crippen LogP contribution in [0.4, 0.5) is 11.4 Å². The number of aryl methyl sites for hydroxylation is 1. The molecule has 0 saturated heterocycles. The van der Waals surface area contributed by atoms with E-state index in [-0.39, 0.29) is 16.6 Å². The predicted octanol–water partition coefficient (Wildman–Crippen LogP) is 3.19. The highest BCUT2D eigenvalue weighted by molar-refractivity contribution is 7.92. The third-order valence-electron chi connectivity index (χ3n) is 4.71. The molecule has 8 heteroatoms. The number of benzene rings is 2. The van der Waals surface area contributed by atoms with Crippen LogP contribution in [-0.4, -0.2) is 35.1 Å². The second-order valence-corrected chi connectivity index (χ2v) is 8.12. The average Bonchev–Trinajstić information content (AvgIpc) is 2.71. The molecule has 0 unspecified atom stereocenters. The lowest BCUT2D eigenvalue weighted by Gasteiger charge is -2.29. The number of carbonyl (C=O) groups excluding carboxylic acids is 1. The molecule has 1 N–H and O–H groups in total. The zero-order chi connectivity index (χ0) is 20.3. The van der Waals surface area contributed by atoms with Crippen LogP contribution in [-0.2, 0) is 21.2 Å². The molecular weight excluding hydrogens is 380 g/mol. The number of sulfonamides is 1. The van der Waals surface area contributed by atoms with Gasteiger partial charge in [0.15, 0.2) is 0 Å². The van der Waals surface area contributed by atoms with Crippen molar-refractivity contribution in [2.24, 2.45) is 0 Å². The van der Waals surface area contributed by atoms with E-state index in [1.54, 1.807) is 35.2 Å². The maximum absolute atomic E-state index is 12.9. The molecule has 0 saturated carbocycles. The summed E-state index contributed by atoms with van der Waals surface area (Å²) in [6.07, 6.45) is 2.07. The van der Waals surface area contributed by atoms with E-state index in [1.165, 1.54) is 20.3 Å². The van der Waals surface area contributed by atoms with Crippen molar-refractivity contribution in [3.63, 3.8) is 0 Å². The third-order valence-corrected chi connectivity index (χ3v) is 6.12. The van der Waals surface area contributed by atoms with E-state index < -0.39 is 10.0 Å². The molecule has 150 valence electrons. The Balaban J connectivity index is 1.93. The highest BCUT2D eigenvalue weighted by Crippen LogP contribution is 2.33.